The standard InChI is InChI=1S/C25H31BN6O2S/c1-4-33-22-15-18(34-17-11-13-32(3)14-12-17)9-10-20(22)30-25-28-16-19(26)24(31-25)29-21-7-5-6-8-23(21)35-27-2/h5-10,15-17,27H,4,11-14H2,1-3H3,(H2,28,29,30,31). The Hall–Kier alpha value is -2.95. The van der Waals surface area contributed by atoms with Gasteiger partial charge in [-0.05, 0) is 75.5 Å². The number of likely N-dealkylation sites (tertiary alicyclic amines) is 1. The van der Waals surface area contributed by atoms with Gasteiger partial charge in [0.1, 0.15) is 31.3 Å². The summed E-state index contributed by atoms with van der Waals surface area (Å²) in [6, 6.07) is 13.7. The molecule has 182 valence electrons. The van der Waals surface area contributed by atoms with Crippen LogP contribution in [0.15, 0.2) is 53.6 Å². The van der Waals surface area contributed by atoms with Crippen molar-refractivity contribution in [3.8, 4) is 11.5 Å². The van der Waals surface area contributed by atoms with Crippen LogP contribution in [-0.4, -0.2) is 62.6 Å². The Kier molecular flexibility index (Phi) is 8.73. The van der Waals surface area contributed by atoms with E-state index in [9.17, 15) is 0 Å². The maximum absolute atomic E-state index is 6.23. The van der Waals surface area contributed by atoms with Crippen LogP contribution in [0.2, 0.25) is 0 Å². The van der Waals surface area contributed by atoms with Crippen LogP contribution in [0.4, 0.5) is 23.1 Å². The summed E-state index contributed by atoms with van der Waals surface area (Å²) in [5.74, 6) is 2.41. The van der Waals surface area contributed by atoms with Crippen molar-refractivity contribution in [3.05, 3.63) is 48.7 Å². The summed E-state index contributed by atoms with van der Waals surface area (Å²) in [4.78, 5) is 12.3. The number of aromatic nitrogens is 2. The van der Waals surface area contributed by atoms with Gasteiger partial charge in [0.2, 0.25) is 5.95 Å². The first-order valence-electron chi connectivity index (χ1n) is 11.8. The number of hydrogen-bond donors (Lipinski definition) is 3. The molecule has 0 bridgehead atoms. The van der Waals surface area contributed by atoms with Gasteiger partial charge in [-0.3, -0.25) is 4.72 Å². The molecule has 1 fully saturated rings. The predicted octanol–water partition coefficient (Wildman–Crippen LogP) is 3.86. The number of piperidine rings is 1. The summed E-state index contributed by atoms with van der Waals surface area (Å²) in [6.07, 6.45) is 3.85. The highest BCUT2D eigenvalue weighted by Gasteiger charge is 2.19. The van der Waals surface area contributed by atoms with Gasteiger partial charge in [-0.25, -0.2) is 4.98 Å². The number of para-hydroxylation sites is 1. The van der Waals surface area contributed by atoms with Crippen molar-refractivity contribution in [1.29, 1.82) is 0 Å². The summed E-state index contributed by atoms with van der Waals surface area (Å²) in [5, 5.41) is 6.58. The quantitative estimate of drug-likeness (QED) is 0.290. The number of rotatable bonds is 10. The van der Waals surface area contributed by atoms with Crippen LogP contribution in [0.1, 0.15) is 19.8 Å². The van der Waals surface area contributed by atoms with E-state index in [-0.39, 0.29) is 6.10 Å². The van der Waals surface area contributed by atoms with Crippen LogP contribution < -0.4 is 30.3 Å². The molecule has 1 aliphatic rings. The van der Waals surface area contributed by atoms with Gasteiger partial charge >= 0.3 is 0 Å². The summed E-state index contributed by atoms with van der Waals surface area (Å²) >= 11 is 1.51. The molecule has 3 N–H and O–H groups in total. The molecule has 35 heavy (non-hydrogen) atoms. The zero-order chi connectivity index (χ0) is 24.6. The van der Waals surface area contributed by atoms with E-state index < -0.39 is 0 Å². The lowest BCUT2D eigenvalue weighted by Gasteiger charge is -2.29. The average Bonchev–Trinajstić information content (AvgIpc) is 2.86. The molecule has 0 aliphatic carbocycles. The van der Waals surface area contributed by atoms with Crippen LogP contribution in [0.5, 0.6) is 11.5 Å². The molecule has 0 saturated carbocycles. The fourth-order valence-corrected chi connectivity index (χ4v) is 4.41. The maximum atomic E-state index is 6.23. The molecular formula is C25H31BN6O2S. The van der Waals surface area contributed by atoms with Crippen LogP contribution >= 0.6 is 11.9 Å². The fraction of sp³-hybridized carbons (Fsp3) is 0.360. The molecule has 0 spiro atoms. The van der Waals surface area contributed by atoms with E-state index >= 15 is 0 Å². The molecule has 3 aromatic rings. The second kappa shape index (κ2) is 12.1. The lowest BCUT2D eigenvalue weighted by molar-refractivity contribution is 0.114. The third-order valence-corrected chi connectivity index (χ3v) is 6.42. The molecule has 2 heterocycles. The molecule has 0 atom stereocenters. The smallest absolute Gasteiger partial charge is 0.229 e. The largest absolute Gasteiger partial charge is 0.492 e. The first-order valence-corrected chi connectivity index (χ1v) is 12.6. The second-order valence-electron chi connectivity index (χ2n) is 8.26. The number of benzene rings is 2. The Morgan fingerprint density at radius 3 is 2.69 bits per heavy atom. The molecule has 0 amide bonds. The van der Waals surface area contributed by atoms with Crippen LogP contribution in [0.25, 0.3) is 0 Å². The minimum atomic E-state index is 0.220. The zero-order valence-electron chi connectivity index (χ0n) is 20.4. The molecule has 0 unspecified atom stereocenters. The third-order valence-electron chi connectivity index (χ3n) is 5.64. The third kappa shape index (κ3) is 6.81. The SMILES string of the molecule is [B]c1cnc(Nc2ccc(OC3CCN(C)CC3)cc2OCC)nc1Nc1ccccc1SNC. The minimum absolute atomic E-state index is 0.220. The number of hydrogen-bond acceptors (Lipinski definition) is 9. The zero-order valence-corrected chi connectivity index (χ0v) is 21.2. The van der Waals surface area contributed by atoms with Crippen molar-refractivity contribution in [2.45, 2.75) is 30.8 Å². The number of nitrogens with zero attached hydrogens (tertiary/aromatic N) is 3. The van der Waals surface area contributed by atoms with E-state index in [1.807, 2.05) is 56.4 Å². The van der Waals surface area contributed by atoms with E-state index in [1.54, 1.807) is 6.20 Å². The highest BCUT2D eigenvalue weighted by molar-refractivity contribution is 7.97. The van der Waals surface area contributed by atoms with Crippen LogP contribution in [0, 0.1) is 0 Å². The summed E-state index contributed by atoms with van der Waals surface area (Å²) in [6.45, 7) is 4.58. The van der Waals surface area contributed by atoms with E-state index in [1.165, 1.54) is 11.9 Å². The van der Waals surface area contributed by atoms with Gasteiger partial charge in [-0.15, -0.1) is 0 Å². The lowest BCUT2D eigenvalue weighted by Crippen LogP contribution is -2.35. The fourth-order valence-electron chi connectivity index (χ4n) is 3.82. The van der Waals surface area contributed by atoms with Crippen LogP contribution in [-0.2, 0) is 0 Å². The summed E-state index contributed by atoms with van der Waals surface area (Å²) in [7, 11) is 10.2. The van der Waals surface area contributed by atoms with E-state index in [4.69, 9.17) is 17.3 Å². The predicted molar refractivity (Wildman–Crippen MR) is 144 cm³/mol. The van der Waals surface area contributed by atoms with Gasteiger partial charge in [-0.1, -0.05) is 12.1 Å². The summed E-state index contributed by atoms with van der Waals surface area (Å²) < 4.78 is 15.2. The monoisotopic (exact) mass is 490 g/mol. The Balaban J connectivity index is 1.51. The van der Waals surface area contributed by atoms with Crippen molar-refractivity contribution < 1.29 is 9.47 Å². The highest BCUT2D eigenvalue weighted by Crippen LogP contribution is 2.33. The maximum Gasteiger partial charge on any atom is 0.229 e. The normalized spacial score (nSPS) is 14.5. The lowest BCUT2D eigenvalue weighted by atomic mass is 9.99. The van der Waals surface area contributed by atoms with Gasteiger partial charge in [0.25, 0.3) is 0 Å². The molecule has 10 heteroatoms. The number of anilines is 4. The van der Waals surface area contributed by atoms with E-state index in [0.717, 1.165) is 48.0 Å². The first-order chi connectivity index (χ1) is 17.1. The molecule has 8 nitrogen and oxygen atoms in total. The van der Waals surface area contributed by atoms with Crippen molar-refractivity contribution >= 4 is 48.4 Å². The molecule has 1 aliphatic heterocycles. The molecule has 2 radical (unpaired) electrons. The topological polar surface area (TPSA) is 83.6 Å². The molecule has 2 aromatic carbocycles. The van der Waals surface area contributed by atoms with E-state index in [2.05, 4.69) is 37.3 Å². The van der Waals surface area contributed by atoms with Crippen LogP contribution in [0.3, 0.4) is 0 Å². The second-order valence-corrected chi connectivity index (χ2v) is 9.31. The first kappa shape index (κ1) is 25.2. The highest BCUT2D eigenvalue weighted by atomic mass is 32.2. The van der Waals surface area contributed by atoms with Crippen molar-refractivity contribution in [3.63, 3.8) is 0 Å². The van der Waals surface area contributed by atoms with Gasteiger partial charge in [-0.2, -0.15) is 4.98 Å². The molecule has 4 rings (SSSR count). The Bertz CT molecular complexity index is 1130. The van der Waals surface area contributed by atoms with Gasteiger partial charge in [0.15, 0.2) is 0 Å². The number of nitrogens with one attached hydrogen (secondary N) is 3. The molecular weight excluding hydrogens is 459 g/mol. The molecule has 1 aromatic heterocycles. The number of ether oxygens (including phenoxy) is 2. The Labute approximate surface area is 212 Å². The van der Waals surface area contributed by atoms with Gasteiger partial charge < -0.3 is 25.0 Å². The van der Waals surface area contributed by atoms with Gasteiger partial charge in [0, 0.05) is 30.2 Å². The van der Waals surface area contributed by atoms with Crippen molar-refractivity contribution in [2.75, 3.05) is 44.4 Å². The minimum Gasteiger partial charge on any atom is -0.492 e. The van der Waals surface area contributed by atoms with Gasteiger partial charge in [0.05, 0.1) is 18.0 Å². The molecule has 1 saturated heterocycles. The Morgan fingerprint density at radius 1 is 1.11 bits per heavy atom. The Morgan fingerprint density at radius 2 is 1.91 bits per heavy atom. The summed E-state index contributed by atoms with van der Waals surface area (Å²) in [5.41, 5.74) is 2.10. The average molecular weight is 490 g/mol. The van der Waals surface area contributed by atoms with E-state index in [0.29, 0.717) is 29.6 Å². The van der Waals surface area contributed by atoms with Crippen molar-refractivity contribution in [1.82, 2.24) is 19.6 Å². The van der Waals surface area contributed by atoms with Crippen molar-refractivity contribution in [2.24, 2.45) is 0 Å².